The largest absolute Gasteiger partial charge is 0.334 e. The smallest absolute Gasteiger partial charge is 0.255 e. The van der Waals surface area contributed by atoms with Crippen LogP contribution in [0.5, 0.6) is 0 Å². The molecule has 2 aromatic rings. The van der Waals surface area contributed by atoms with Gasteiger partial charge in [-0.1, -0.05) is 57.3 Å². The fourth-order valence-corrected chi connectivity index (χ4v) is 4.91. The zero-order valence-electron chi connectivity index (χ0n) is 20.4. The van der Waals surface area contributed by atoms with Gasteiger partial charge in [0, 0.05) is 40.8 Å². The Morgan fingerprint density at radius 2 is 1.71 bits per heavy atom. The summed E-state index contributed by atoms with van der Waals surface area (Å²) < 4.78 is 0. The number of carbonyl (C=O) groups is 2. The topological polar surface area (TPSA) is 75.4 Å². The first-order chi connectivity index (χ1) is 16.1. The van der Waals surface area contributed by atoms with Crippen LogP contribution in [0.1, 0.15) is 80.8 Å². The van der Waals surface area contributed by atoms with E-state index in [2.05, 4.69) is 26.1 Å². The number of nitrogens with one attached hydrogen (secondary N) is 1. The molecule has 0 aliphatic heterocycles. The zero-order valence-corrected chi connectivity index (χ0v) is 21.2. The van der Waals surface area contributed by atoms with Crippen molar-refractivity contribution in [3.05, 3.63) is 64.2 Å². The van der Waals surface area contributed by atoms with E-state index in [1.165, 1.54) is 5.56 Å². The van der Waals surface area contributed by atoms with Gasteiger partial charge in [0.25, 0.3) is 5.91 Å². The van der Waals surface area contributed by atoms with E-state index in [9.17, 15) is 9.59 Å². The van der Waals surface area contributed by atoms with Crippen molar-refractivity contribution in [1.29, 1.82) is 0 Å². The highest BCUT2D eigenvalue weighted by molar-refractivity contribution is 6.31. The maximum absolute atomic E-state index is 13.2. The molecule has 2 amide bonds. The quantitative estimate of drug-likeness (QED) is 0.539. The lowest BCUT2D eigenvalue weighted by atomic mass is 9.87. The lowest BCUT2D eigenvalue weighted by molar-refractivity contribution is -0.136. The van der Waals surface area contributed by atoms with Crippen LogP contribution in [0.4, 0.5) is 5.69 Å². The van der Waals surface area contributed by atoms with Crippen LogP contribution >= 0.6 is 11.6 Å². The van der Waals surface area contributed by atoms with Gasteiger partial charge in [0.05, 0.1) is 0 Å². The van der Waals surface area contributed by atoms with Crippen molar-refractivity contribution in [2.45, 2.75) is 83.3 Å². The summed E-state index contributed by atoms with van der Waals surface area (Å²) in [4.78, 5) is 28.0. The fraction of sp³-hybridized carbons (Fsp3) is 0.500. The first-order valence-electron chi connectivity index (χ1n) is 12.4. The predicted molar refractivity (Wildman–Crippen MR) is 138 cm³/mol. The number of benzene rings is 2. The summed E-state index contributed by atoms with van der Waals surface area (Å²) in [7, 11) is 0. The van der Waals surface area contributed by atoms with Crippen LogP contribution in [0.3, 0.4) is 0 Å². The van der Waals surface area contributed by atoms with Crippen LogP contribution in [-0.2, 0) is 16.8 Å². The van der Waals surface area contributed by atoms with Crippen LogP contribution < -0.4 is 11.1 Å². The van der Waals surface area contributed by atoms with Crippen LogP contribution in [0.15, 0.2) is 42.5 Å². The number of amides is 2. The molecule has 0 bridgehead atoms. The zero-order chi connectivity index (χ0) is 24.5. The van der Waals surface area contributed by atoms with Crippen molar-refractivity contribution >= 4 is 29.1 Å². The van der Waals surface area contributed by atoms with E-state index in [0.29, 0.717) is 22.8 Å². The molecule has 2 atom stereocenters. The van der Waals surface area contributed by atoms with Gasteiger partial charge >= 0.3 is 0 Å². The minimum absolute atomic E-state index is 0.00539. The first kappa shape index (κ1) is 24.7. The van der Waals surface area contributed by atoms with Crippen LogP contribution in [0, 0.1) is 5.92 Å². The number of nitrogens with zero attached hydrogens (tertiary/aromatic N) is 1. The van der Waals surface area contributed by atoms with Crippen LogP contribution in [0.2, 0.25) is 5.02 Å². The summed E-state index contributed by atoms with van der Waals surface area (Å²) >= 11 is 6.55. The molecule has 2 unspecified atom stereocenters. The molecular weight excluding hydrogens is 446 g/mol. The molecule has 0 saturated heterocycles. The van der Waals surface area contributed by atoms with E-state index in [1.54, 1.807) is 12.1 Å². The van der Waals surface area contributed by atoms with Gasteiger partial charge < -0.3 is 16.0 Å². The molecular formula is C28H36ClN3O2. The Hall–Kier alpha value is -2.37. The number of halogens is 1. The van der Waals surface area contributed by atoms with Crippen LogP contribution in [0.25, 0.3) is 0 Å². The van der Waals surface area contributed by atoms with E-state index < -0.39 is 0 Å². The molecule has 2 saturated carbocycles. The minimum atomic E-state index is -0.172. The lowest BCUT2D eigenvalue weighted by Crippen LogP contribution is -2.52. The molecule has 6 heteroatoms. The molecule has 2 aliphatic rings. The Labute approximate surface area is 208 Å². The summed E-state index contributed by atoms with van der Waals surface area (Å²) in [6.45, 7) is 6.86. The monoisotopic (exact) mass is 481 g/mol. The number of carbonyl (C=O) groups excluding carboxylic acids is 2. The molecule has 0 aromatic heterocycles. The third-order valence-electron chi connectivity index (χ3n) is 7.05. The van der Waals surface area contributed by atoms with E-state index in [0.717, 1.165) is 44.1 Å². The maximum atomic E-state index is 13.2. The molecule has 182 valence electrons. The van der Waals surface area contributed by atoms with Crippen molar-refractivity contribution in [3.8, 4) is 0 Å². The second-order valence-corrected chi connectivity index (χ2v) is 11.3. The summed E-state index contributed by atoms with van der Waals surface area (Å²) in [5.41, 5.74) is 9.75. The molecule has 4 rings (SSSR count). The minimum Gasteiger partial charge on any atom is -0.334 e. The number of hydrogen-bond acceptors (Lipinski definition) is 3. The summed E-state index contributed by atoms with van der Waals surface area (Å²) in [5, 5.41) is 3.57. The van der Waals surface area contributed by atoms with Gasteiger partial charge in [-0.05, 0) is 72.6 Å². The molecule has 0 spiro atoms. The second kappa shape index (κ2) is 10.1. The predicted octanol–water partition coefficient (Wildman–Crippen LogP) is 5.90. The highest BCUT2D eigenvalue weighted by Crippen LogP contribution is 2.35. The SMILES string of the molecule is CC(C)(C)c1ccc(C(=O)Nc2ccc(Cl)c(CN(C(=O)C3CC3)C3CCCCC3N)c2)cc1. The van der Waals surface area contributed by atoms with E-state index in [4.69, 9.17) is 17.3 Å². The average Bonchev–Trinajstić information content (AvgIpc) is 3.64. The molecule has 0 heterocycles. The molecule has 2 aromatic carbocycles. The van der Waals surface area contributed by atoms with E-state index in [1.807, 2.05) is 35.2 Å². The highest BCUT2D eigenvalue weighted by atomic mass is 35.5. The van der Waals surface area contributed by atoms with Gasteiger partial charge in [-0.15, -0.1) is 0 Å². The van der Waals surface area contributed by atoms with E-state index >= 15 is 0 Å². The Morgan fingerprint density at radius 3 is 2.32 bits per heavy atom. The number of rotatable bonds is 6. The van der Waals surface area contributed by atoms with Gasteiger partial charge in [0.2, 0.25) is 5.91 Å². The van der Waals surface area contributed by atoms with Crippen molar-refractivity contribution in [2.24, 2.45) is 11.7 Å². The molecule has 5 nitrogen and oxygen atoms in total. The lowest BCUT2D eigenvalue weighted by Gasteiger charge is -2.39. The fourth-order valence-electron chi connectivity index (χ4n) is 4.73. The summed E-state index contributed by atoms with van der Waals surface area (Å²) in [6.07, 6.45) is 5.98. The molecule has 2 aliphatic carbocycles. The van der Waals surface area contributed by atoms with Gasteiger partial charge in [0.1, 0.15) is 0 Å². The average molecular weight is 482 g/mol. The Bertz CT molecular complexity index is 1040. The Morgan fingerprint density at radius 1 is 1.03 bits per heavy atom. The summed E-state index contributed by atoms with van der Waals surface area (Å²) in [5.74, 6) is 0.132. The molecule has 2 fully saturated rings. The second-order valence-electron chi connectivity index (χ2n) is 10.8. The maximum Gasteiger partial charge on any atom is 0.255 e. The van der Waals surface area contributed by atoms with Crippen molar-refractivity contribution in [1.82, 2.24) is 4.90 Å². The van der Waals surface area contributed by atoms with Gasteiger partial charge in [-0.2, -0.15) is 0 Å². The third kappa shape index (κ3) is 5.81. The van der Waals surface area contributed by atoms with Gasteiger partial charge in [0.15, 0.2) is 0 Å². The van der Waals surface area contributed by atoms with E-state index in [-0.39, 0.29) is 35.2 Å². The van der Waals surface area contributed by atoms with Crippen LogP contribution in [-0.4, -0.2) is 28.8 Å². The highest BCUT2D eigenvalue weighted by Gasteiger charge is 2.39. The standard InChI is InChI=1S/C28H36ClN3O2/c1-28(2,3)21-12-10-18(11-13-21)26(33)31-22-14-15-23(29)20(16-22)17-32(27(34)19-8-9-19)25-7-5-4-6-24(25)30/h10-16,19,24-25H,4-9,17,30H2,1-3H3,(H,31,33). The molecule has 34 heavy (non-hydrogen) atoms. The number of nitrogens with two attached hydrogens (primary N) is 1. The van der Waals surface area contributed by atoms with Crippen molar-refractivity contribution in [3.63, 3.8) is 0 Å². The van der Waals surface area contributed by atoms with Gasteiger partial charge in [-0.3, -0.25) is 9.59 Å². The normalized spacial score (nSPS) is 20.6. The molecule has 3 N–H and O–H groups in total. The number of hydrogen-bond donors (Lipinski definition) is 2. The van der Waals surface area contributed by atoms with Crippen molar-refractivity contribution < 1.29 is 9.59 Å². The first-order valence-corrected chi connectivity index (χ1v) is 12.8. The summed E-state index contributed by atoms with van der Waals surface area (Å²) in [6, 6.07) is 13.2. The molecule has 0 radical (unpaired) electrons. The van der Waals surface area contributed by atoms with Crippen molar-refractivity contribution in [2.75, 3.05) is 5.32 Å². The Balaban J connectivity index is 1.51. The Kier molecular flexibility index (Phi) is 7.34. The van der Waals surface area contributed by atoms with Gasteiger partial charge in [-0.25, -0.2) is 0 Å². The number of anilines is 1. The third-order valence-corrected chi connectivity index (χ3v) is 7.42.